The minimum absolute atomic E-state index is 0.292. The number of hydrogen-bond acceptors (Lipinski definition) is 7. The molecule has 3 heterocycles. The summed E-state index contributed by atoms with van der Waals surface area (Å²) in [5.41, 5.74) is 8.13. The average Bonchev–Trinajstić information content (AvgIpc) is 3.06. The van der Waals surface area contributed by atoms with Gasteiger partial charge in [0.05, 0.1) is 11.8 Å². The van der Waals surface area contributed by atoms with Crippen LogP contribution in [0.15, 0.2) is 0 Å². The maximum atomic E-state index is 5.73. The lowest BCUT2D eigenvalue weighted by atomic mass is 10.1. The Bertz CT molecular complexity index is 549. The Morgan fingerprint density at radius 1 is 1.32 bits per heavy atom. The molecule has 25 heavy (non-hydrogen) atoms. The highest BCUT2D eigenvalue weighted by Gasteiger charge is 2.21. The van der Waals surface area contributed by atoms with Crippen LogP contribution in [0.4, 0.5) is 5.82 Å². The molecule has 0 amide bonds. The van der Waals surface area contributed by atoms with Gasteiger partial charge in [0.1, 0.15) is 12.4 Å². The molecule has 0 bridgehead atoms. The molecule has 0 aromatic carbocycles. The molecule has 1 atom stereocenters. The third-order valence-electron chi connectivity index (χ3n) is 4.88. The zero-order valence-electron chi connectivity index (χ0n) is 15.3. The van der Waals surface area contributed by atoms with Crippen LogP contribution in [0.3, 0.4) is 0 Å². The number of nitrogens with zero attached hydrogens (tertiary/aromatic N) is 3. The largest absolute Gasteiger partial charge is 0.376 e. The lowest BCUT2D eigenvalue weighted by molar-refractivity contribution is 0.120. The molecule has 7 heteroatoms. The quantitative estimate of drug-likeness (QED) is 0.723. The summed E-state index contributed by atoms with van der Waals surface area (Å²) in [6.07, 6.45) is 4.46. The Kier molecular flexibility index (Phi) is 6.98. The summed E-state index contributed by atoms with van der Waals surface area (Å²) in [4.78, 5) is 11.9. The maximum Gasteiger partial charge on any atom is 0.156 e. The fourth-order valence-corrected chi connectivity index (χ4v) is 3.52. The number of aromatic nitrogens is 2. The molecule has 0 spiro atoms. The molecule has 3 rings (SSSR count). The number of nitrogens with one attached hydrogen (secondary N) is 1. The van der Waals surface area contributed by atoms with Crippen molar-refractivity contribution in [2.45, 2.75) is 45.3 Å². The van der Waals surface area contributed by atoms with Gasteiger partial charge in [-0.3, -0.25) is 0 Å². The van der Waals surface area contributed by atoms with E-state index in [2.05, 4.69) is 10.2 Å². The van der Waals surface area contributed by atoms with Gasteiger partial charge in [-0.2, -0.15) is 0 Å². The van der Waals surface area contributed by atoms with Gasteiger partial charge in [0, 0.05) is 57.9 Å². The Hall–Kier alpha value is -1.28. The predicted octanol–water partition coefficient (Wildman–Crippen LogP) is 0.963. The first-order chi connectivity index (χ1) is 12.3. The van der Waals surface area contributed by atoms with Crippen LogP contribution in [0.5, 0.6) is 0 Å². The first-order valence-electron chi connectivity index (χ1n) is 9.54. The summed E-state index contributed by atoms with van der Waals surface area (Å²) in [7, 11) is 0. The molecule has 140 valence electrons. The van der Waals surface area contributed by atoms with E-state index in [0.717, 1.165) is 75.8 Å². The molecule has 2 aliphatic rings. The molecule has 2 aliphatic heterocycles. The van der Waals surface area contributed by atoms with Crippen molar-refractivity contribution in [1.82, 2.24) is 14.9 Å². The van der Waals surface area contributed by atoms with Crippen molar-refractivity contribution in [3.8, 4) is 0 Å². The minimum atomic E-state index is 0.292. The van der Waals surface area contributed by atoms with Crippen LogP contribution in [0.25, 0.3) is 0 Å². The summed E-state index contributed by atoms with van der Waals surface area (Å²) in [6, 6.07) is 0. The van der Waals surface area contributed by atoms with Crippen molar-refractivity contribution < 1.29 is 9.47 Å². The number of fused-ring (bicyclic) bond motifs is 1. The van der Waals surface area contributed by atoms with Gasteiger partial charge < -0.3 is 25.4 Å². The van der Waals surface area contributed by atoms with Crippen molar-refractivity contribution in [3.63, 3.8) is 0 Å². The normalized spacial score (nSPS) is 21.1. The van der Waals surface area contributed by atoms with Crippen LogP contribution < -0.4 is 11.1 Å². The Morgan fingerprint density at radius 2 is 2.20 bits per heavy atom. The van der Waals surface area contributed by atoms with E-state index >= 15 is 0 Å². The second-order valence-electron chi connectivity index (χ2n) is 6.70. The van der Waals surface area contributed by atoms with Crippen LogP contribution in [0, 0.1) is 0 Å². The van der Waals surface area contributed by atoms with Gasteiger partial charge in [0.15, 0.2) is 5.82 Å². The van der Waals surface area contributed by atoms with Crippen LogP contribution >= 0.6 is 0 Å². The SMILES string of the molecule is CCOCc1nc2c(c(NCC3CCCO3)n1)CCN(CCN)CC2. The molecule has 1 aromatic heterocycles. The van der Waals surface area contributed by atoms with Crippen LogP contribution in [0.2, 0.25) is 0 Å². The Labute approximate surface area is 150 Å². The lowest BCUT2D eigenvalue weighted by Crippen LogP contribution is -2.31. The van der Waals surface area contributed by atoms with Crippen LogP contribution in [-0.2, 0) is 28.9 Å². The van der Waals surface area contributed by atoms with Gasteiger partial charge in [-0.1, -0.05) is 0 Å². The van der Waals surface area contributed by atoms with E-state index in [1.165, 1.54) is 5.56 Å². The molecule has 0 saturated carbocycles. The van der Waals surface area contributed by atoms with Crippen LogP contribution in [-0.4, -0.2) is 66.9 Å². The molecule has 7 nitrogen and oxygen atoms in total. The fourth-order valence-electron chi connectivity index (χ4n) is 3.52. The summed E-state index contributed by atoms with van der Waals surface area (Å²) in [5, 5.41) is 3.53. The van der Waals surface area contributed by atoms with Gasteiger partial charge in [-0.05, 0) is 26.2 Å². The van der Waals surface area contributed by atoms with Crippen LogP contribution in [0.1, 0.15) is 36.8 Å². The first kappa shape index (κ1) is 18.5. The van der Waals surface area contributed by atoms with Crippen molar-refractivity contribution in [2.24, 2.45) is 5.73 Å². The molecule has 1 saturated heterocycles. The highest BCUT2D eigenvalue weighted by atomic mass is 16.5. The summed E-state index contributed by atoms with van der Waals surface area (Å²) in [5.74, 6) is 1.73. The van der Waals surface area contributed by atoms with Gasteiger partial charge in [-0.15, -0.1) is 0 Å². The molecule has 0 aliphatic carbocycles. The third-order valence-corrected chi connectivity index (χ3v) is 4.88. The van der Waals surface area contributed by atoms with E-state index in [1.807, 2.05) is 6.92 Å². The highest BCUT2D eigenvalue weighted by molar-refractivity contribution is 5.47. The summed E-state index contributed by atoms with van der Waals surface area (Å²) >= 11 is 0. The van der Waals surface area contributed by atoms with Crippen molar-refractivity contribution in [2.75, 3.05) is 51.3 Å². The molecular weight excluding hydrogens is 318 g/mol. The summed E-state index contributed by atoms with van der Waals surface area (Å²) < 4.78 is 11.3. The minimum Gasteiger partial charge on any atom is -0.376 e. The summed E-state index contributed by atoms with van der Waals surface area (Å²) in [6.45, 7) is 8.45. The van der Waals surface area contributed by atoms with Gasteiger partial charge in [0.25, 0.3) is 0 Å². The second-order valence-corrected chi connectivity index (χ2v) is 6.70. The third kappa shape index (κ3) is 5.10. The Morgan fingerprint density at radius 3 is 2.96 bits per heavy atom. The number of ether oxygens (including phenoxy) is 2. The number of nitrogens with two attached hydrogens (primary N) is 1. The van der Waals surface area contributed by atoms with E-state index in [-0.39, 0.29) is 0 Å². The zero-order valence-corrected chi connectivity index (χ0v) is 15.3. The molecule has 1 fully saturated rings. The smallest absolute Gasteiger partial charge is 0.156 e. The fraction of sp³-hybridized carbons (Fsp3) is 0.778. The van der Waals surface area contributed by atoms with Gasteiger partial charge in [0.2, 0.25) is 0 Å². The second kappa shape index (κ2) is 9.43. The van der Waals surface area contributed by atoms with Crippen molar-refractivity contribution >= 4 is 5.82 Å². The Balaban J connectivity index is 1.76. The molecule has 1 unspecified atom stereocenters. The number of anilines is 1. The van der Waals surface area contributed by atoms with Crippen molar-refractivity contribution in [1.29, 1.82) is 0 Å². The first-order valence-corrected chi connectivity index (χ1v) is 9.54. The van der Waals surface area contributed by atoms with E-state index < -0.39 is 0 Å². The zero-order chi connectivity index (χ0) is 17.5. The van der Waals surface area contributed by atoms with Gasteiger partial charge in [-0.25, -0.2) is 9.97 Å². The molecule has 1 aromatic rings. The topological polar surface area (TPSA) is 85.5 Å². The predicted molar refractivity (Wildman–Crippen MR) is 97.7 cm³/mol. The van der Waals surface area contributed by atoms with Gasteiger partial charge >= 0.3 is 0 Å². The highest BCUT2D eigenvalue weighted by Crippen LogP contribution is 2.23. The molecule has 0 radical (unpaired) electrons. The van der Waals surface area contributed by atoms with E-state index in [1.54, 1.807) is 0 Å². The van der Waals surface area contributed by atoms with E-state index in [4.69, 9.17) is 25.2 Å². The van der Waals surface area contributed by atoms with E-state index in [9.17, 15) is 0 Å². The number of rotatable bonds is 8. The standard InChI is InChI=1S/C18H31N5O2/c1-2-24-13-17-21-16-6-9-23(10-7-19)8-5-15(16)18(22-17)20-12-14-4-3-11-25-14/h14H,2-13,19H2,1H3,(H,20,21,22). The number of hydrogen-bond donors (Lipinski definition) is 2. The van der Waals surface area contributed by atoms with Crippen molar-refractivity contribution in [3.05, 3.63) is 17.1 Å². The monoisotopic (exact) mass is 349 g/mol. The average molecular weight is 349 g/mol. The molecule has 3 N–H and O–H groups in total. The lowest BCUT2D eigenvalue weighted by Gasteiger charge is -2.18. The molecular formula is C18H31N5O2. The van der Waals surface area contributed by atoms with E-state index in [0.29, 0.717) is 25.9 Å². The maximum absolute atomic E-state index is 5.73.